The molecule has 0 saturated heterocycles. The van der Waals surface area contributed by atoms with E-state index in [4.69, 9.17) is 23.8 Å². The van der Waals surface area contributed by atoms with Crippen LogP contribution in [0.5, 0.6) is 0 Å². The van der Waals surface area contributed by atoms with E-state index in [0.29, 0.717) is 21.8 Å². The van der Waals surface area contributed by atoms with E-state index in [9.17, 15) is 9.59 Å². The smallest absolute Gasteiger partial charge is 0.258 e. The molecule has 0 fully saturated rings. The van der Waals surface area contributed by atoms with E-state index in [2.05, 4.69) is 16.0 Å². The number of benzene rings is 3. The molecule has 0 aliphatic heterocycles. The molecule has 0 aromatic heterocycles. The molecule has 152 valence electrons. The van der Waals surface area contributed by atoms with Gasteiger partial charge in [0.2, 0.25) is 0 Å². The van der Waals surface area contributed by atoms with Gasteiger partial charge in [-0.3, -0.25) is 14.9 Å². The molecule has 3 rings (SSSR count). The summed E-state index contributed by atoms with van der Waals surface area (Å²) in [5, 5.41) is 8.95. The van der Waals surface area contributed by atoms with Crippen molar-refractivity contribution in [1.82, 2.24) is 10.6 Å². The average molecular weight is 438 g/mol. The van der Waals surface area contributed by atoms with Crippen LogP contribution in [0.4, 0.5) is 5.69 Å². The molecule has 30 heavy (non-hydrogen) atoms. The normalized spacial score (nSPS) is 11.3. The van der Waals surface area contributed by atoms with E-state index in [1.165, 1.54) is 0 Å². The summed E-state index contributed by atoms with van der Waals surface area (Å²) in [4.78, 5) is 24.7. The van der Waals surface area contributed by atoms with Gasteiger partial charge in [-0.2, -0.15) is 0 Å². The summed E-state index contributed by atoms with van der Waals surface area (Å²) in [6.45, 7) is 1.93. The standard InChI is InChI=1S/C23H20ClN3O2S/c1-15(16-7-3-2-4-8-16)25-21(28)17-11-13-18(14-12-17)26-23(30)27-22(29)19-9-5-6-10-20(19)24/h2-15H,1H3,(H,25,28)(H2,26,27,29,30). The first-order valence-electron chi connectivity index (χ1n) is 9.27. The fourth-order valence-electron chi connectivity index (χ4n) is 2.79. The van der Waals surface area contributed by atoms with Crippen molar-refractivity contribution in [3.8, 4) is 0 Å². The third kappa shape index (κ3) is 5.65. The predicted molar refractivity (Wildman–Crippen MR) is 124 cm³/mol. The van der Waals surface area contributed by atoms with Crippen molar-refractivity contribution >= 4 is 46.4 Å². The number of anilines is 1. The molecule has 0 spiro atoms. The molecule has 3 N–H and O–H groups in total. The van der Waals surface area contributed by atoms with Crippen LogP contribution >= 0.6 is 23.8 Å². The fourth-order valence-corrected chi connectivity index (χ4v) is 3.22. The van der Waals surface area contributed by atoms with Crippen LogP contribution in [0, 0.1) is 0 Å². The Hall–Kier alpha value is -3.22. The SMILES string of the molecule is CC(NC(=O)c1ccc(NC(=S)NC(=O)c2ccccc2Cl)cc1)c1ccccc1. The van der Waals surface area contributed by atoms with E-state index in [-0.39, 0.29) is 17.1 Å². The predicted octanol–water partition coefficient (Wildman–Crippen LogP) is 4.96. The number of hydrogen-bond donors (Lipinski definition) is 3. The zero-order valence-corrected chi connectivity index (χ0v) is 17.8. The van der Waals surface area contributed by atoms with Crippen LogP contribution < -0.4 is 16.0 Å². The molecular weight excluding hydrogens is 418 g/mol. The monoisotopic (exact) mass is 437 g/mol. The third-order valence-corrected chi connectivity index (χ3v) is 4.93. The maximum Gasteiger partial charge on any atom is 0.258 e. The second-order valence-corrected chi connectivity index (χ2v) is 7.39. The fraction of sp³-hybridized carbons (Fsp3) is 0.0870. The molecule has 0 radical (unpaired) electrons. The summed E-state index contributed by atoms with van der Waals surface area (Å²) in [6, 6.07) is 23.2. The largest absolute Gasteiger partial charge is 0.346 e. The van der Waals surface area contributed by atoms with Crippen LogP contribution in [0.3, 0.4) is 0 Å². The number of carbonyl (C=O) groups is 2. The number of hydrogen-bond acceptors (Lipinski definition) is 3. The van der Waals surface area contributed by atoms with Gasteiger partial charge in [0, 0.05) is 11.3 Å². The number of rotatable bonds is 5. The van der Waals surface area contributed by atoms with Gasteiger partial charge in [-0.25, -0.2) is 0 Å². The van der Waals surface area contributed by atoms with Crippen LogP contribution in [-0.2, 0) is 0 Å². The molecule has 0 aliphatic rings. The van der Waals surface area contributed by atoms with Gasteiger partial charge >= 0.3 is 0 Å². The van der Waals surface area contributed by atoms with Gasteiger partial charge in [0.25, 0.3) is 11.8 Å². The van der Waals surface area contributed by atoms with Gasteiger partial charge in [0.1, 0.15) is 0 Å². The lowest BCUT2D eigenvalue weighted by Crippen LogP contribution is -2.34. The molecule has 0 heterocycles. The van der Waals surface area contributed by atoms with Crippen molar-refractivity contribution in [3.05, 3.63) is 101 Å². The van der Waals surface area contributed by atoms with Gasteiger partial charge in [-0.05, 0) is 61.1 Å². The summed E-state index contributed by atoms with van der Waals surface area (Å²) < 4.78 is 0. The van der Waals surface area contributed by atoms with Crippen molar-refractivity contribution in [2.24, 2.45) is 0 Å². The van der Waals surface area contributed by atoms with Crippen molar-refractivity contribution in [2.75, 3.05) is 5.32 Å². The van der Waals surface area contributed by atoms with Crippen molar-refractivity contribution in [3.63, 3.8) is 0 Å². The first kappa shape index (κ1) is 21.5. The first-order valence-corrected chi connectivity index (χ1v) is 10.1. The molecular formula is C23H20ClN3O2S. The second kappa shape index (κ2) is 10.0. The van der Waals surface area contributed by atoms with Gasteiger partial charge in [0.15, 0.2) is 5.11 Å². The molecule has 1 atom stereocenters. The maximum atomic E-state index is 12.5. The molecule has 0 saturated carbocycles. The van der Waals surface area contributed by atoms with E-state index >= 15 is 0 Å². The minimum absolute atomic E-state index is 0.107. The van der Waals surface area contributed by atoms with Gasteiger partial charge in [-0.15, -0.1) is 0 Å². The van der Waals surface area contributed by atoms with Crippen LogP contribution in [0.15, 0.2) is 78.9 Å². The topological polar surface area (TPSA) is 70.2 Å². The van der Waals surface area contributed by atoms with E-state index in [0.717, 1.165) is 5.56 Å². The highest BCUT2D eigenvalue weighted by Crippen LogP contribution is 2.16. The highest BCUT2D eigenvalue weighted by molar-refractivity contribution is 7.80. The number of nitrogens with one attached hydrogen (secondary N) is 3. The summed E-state index contributed by atoms with van der Waals surface area (Å²) in [5.74, 6) is -0.573. The number of carbonyl (C=O) groups excluding carboxylic acids is 2. The summed E-state index contributed by atoms with van der Waals surface area (Å²) in [5.41, 5.74) is 2.54. The van der Waals surface area contributed by atoms with E-state index in [1.54, 1.807) is 48.5 Å². The lowest BCUT2D eigenvalue weighted by atomic mass is 10.1. The lowest BCUT2D eigenvalue weighted by molar-refractivity contribution is 0.0938. The Kier molecular flexibility index (Phi) is 7.17. The molecule has 7 heteroatoms. The first-order chi connectivity index (χ1) is 14.4. The Morgan fingerprint density at radius 3 is 2.17 bits per heavy atom. The summed E-state index contributed by atoms with van der Waals surface area (Å²) in [7, 11) is 0. The average Bonchev–Trinajstić information content (AvgIpc) is 2.75. The lowest BCUT2D eigenvalue weighted by Gasteiger charge is -2.15. The molecule has 5 nitrogen and oxygen atoms in total. The Morgan fingerprint density at radius 1 is 0.867 bits per heavy atom. The third-order valence-electron chi connectivity index (χ3n) is 4.40. The van der Waals surface area contributed by atoms with Gasteiger partial charge < -0.3 is 10.6 Å². The highest BCUT2D eigenvalue weighted by atomic mass is 35.5. The van der Waals surface area contributed by atoms with Gasteiger partial charge in [-0.1, -0.05) is 54.1 Å². The Bertz CT molecular complexity index is 1060. The van der Waals surface area contributed by atoms with Crippen LogP contribution in [0.25, 0.3) is 0 Å². The minimum atomic E-state index is -0.399. The molecule has 2 amide bonds. The van der Waals surface area contributed by atoms with Crippen LogP contribution in [0.2, 0.25) is 5.02 Å². The Balaban J connectivity index is 1.56. The van der Waals surface area contributed by atoms with E-state index < -0.39 is 5.91 Å². The van der Waals surface area contributed by atoms with Crippen LogP contribution in [-0.4, -0.2) is 16.9 Å². The molecule has 0 aliphatic carbocycles. The molecule has 0 bridgehead atoms. The zero-order valence-electron chi connectivity index (χ0n) is 16.2. The number of amides is 2. The van der Waals surface area contributed by atoms with Gasteiger partial charge in [0.05, 0.1) is 16.6 Å². The Morgan fingerprint density at radius 2 is 1.50 bits per heavy atom. The minimum Gasteiger partial charge on any atom is -0.346 e. The quantitative estimate of drug-likeness (QED) is 0.493. The number of halogens is 1. The van der Waals surface area contributed by atoms with Crippen LogP contribution in [0.1, 0.15) is 39.2 Å². The maximum absolute atomic E-state index is 12.5. The molecule has 3 aromatic rings. The summed E-state index contributed by atoms with van der Waals surface area (Å²) in [6.07, 6.45) is 0. The molecule has 1 unspecified atom stereocenters. The van der Waals surface area contributed by atoms with Crippen molar-refractivity contribution in [2.45, 2.75) is 13.0 Å². The molecule has 3 aromatic carbocycles. The van der Waals surface area contributed by atoms with Crippen molar-refractivity contribution < 1.29 is 9.59 Å². The van der Waals surface area contributed by atoms with Crippen molar-refractivity contribution in [1.29, 1.82) is 0 Å². The highest BCUT2D eigenvalue weighted by Gasteiger charge is 2.13. The van der Waals surface area contributed by atoms with E-state index in [1.807, 2.05) is 37.3 Å². The summed E-state index contributed by atoms with van der Waals surface area (Å²) >= 11 is 11.2. The Labute approximate surface area is 185 Å². The zero-order chi connectivity index (χ0) is 21.5. The second-order valence-electron chi connectivity index (χ2n) is 6.57. The number of thiocarbonyl (C=S) groups is 1.